The summed E-state index contributed by atoms with van der Waals surface area (Å²) in [6.45, 7) is 0. The van der Waals surface area contributed by atoms with Crippen molar-refractivity contribution in [3.8, 4) is 0 Å². The molecule has 3 heteroatoms. The molecule has 2 fully saturated rings. The maximum Gasteiger partial charge on any atom is 0.303 e. The second-order valence-corrected chi connectivity index (χ2v) is 5.10. The lowest BCUT2D eigenvalue weighted by atomic mass is 9.85. The van der Waals surface area contributed by atoms with Crippen LogP contribution in [0.1, 0.15) is 25.7 Å². The van der Waals surface area contributed by atoms with Crippen LogP contribution in [0.5, 0.6) is 0 Å². The molecule has 0 amide bonds. The van der Waals surface area contributed by atoms with Crippen molar-refractivity contribution >= 4 is 17.7 Å². The fourth-order valence-electron chi connectivity index (χ4n) is 2.17. The highest BCUT2D eigenvalue weighted by Crippen LogP contribution is 2.58. The fourth-order valence-corrected chi connectivity index (χ4v) is 3.69. The van der Waals surface area contributed by atoms with E-state index in [9.17, 15) is 4.79 Å². The van der Waals surface area contributed by atoms with Gasteiger partial charge in [0.05, 0.1) is 0 Å². The van der Waals surface area contributed by atoms with Crippen molar-refractivity contribution in [2.24, 2.45) is 11.3 Å². The van der Waals surface area contributed by atoms with Crippen LogP contribution in [0, 0.1) is 11.3 Å². The number of thioether (sulfide) groups is 1. The van der Waals surface area contributed by atoms with Crippen molar-refractivity contribution in [1.29, 1.82) is 0 Å². The highest BCUT2D eigenvalue weighted by Gasteiger charge is 2.50. The third kappa shape index (κ3) is 1.47. The van der Waals surface area contributed by atoms with Gasteiger partial charge >= 0.3 is 5.97 Å². The van der Waals surface area contributed by atoms with Crippen LogP contribution in [0.2, 0.25) is 0 Å². The van der Waals surface area contributed by atoms with Gasteiger partial charge in [0.2, 0.25) is 0 Å². The molecule has 1 saturated heterocycles. The quantitative estimate of drug-likeness (QED) is 0.716. The number of hydrogen-bond acceptors (Lipinski definition) is 2. The number of aliphatic carboxylic acids is 1. The number of carboxylic acid groups (broad SMARTS) is 1. The summed E-state index contributed by atoms with van der Waals surface area (Å²) in [5, 5.41) is 8.72. The molecule has 2 nitrogen and oxygen atoms in total. The summed E-state index contributed by atoms with van der Waals surface area (Å²) in [6.07, 6.45) is 4.08. The second-order valence-electron chi connectivity index (χ2n) is 4.00. The van der Waals surface area contributed by atoms with Gasteiger partial charge in [0.25, 0.3) is 0 Å². The molecule has 1 unspecified atom stereocenters. The Balaban J connectivity index is 1.97. The SMILES string of the molecule is O=C(O)CC1CCSCC12CC2. The summed E-state index contributed by atoms with van der Waals surface area (Å²) in [4.78, 5) is 10.6. The Labute approximate surface area is 76.7 Å². The molecule has 0 radical (unpaired) electrons. The van der Waals surface area contributed by atoms with Gasteiger partial charge in [-0.25, -0.2) is 0 Å². The molecule has 1 N–H and O–H groups in total. The lowest BCUT2D eigenvalue weighted by Crippen LogP contribution is -2.26. The fraction of sp³-hybridized carbons (Fsp3) is 0.889. The van der Waals surface area contributed by atoms with E-state index in [1.165, 1.54) is 24.3 Å². The first-order valence-electron chi connectivity index (χ1n) is 4.52. The van der Waals surface area contributed by atoms with E-state index in [4.69, 9.17) is 5.11 Å². The van der Waals surface area contributed by atoms with E-state index in [0.717, 1.165) is 6.42 Å². The van der Waals surface area contributed by atoms with Gasteiger partial charge in [-0.1, -0.05) is 0 Å². The Kier molecular flexibility index (Phi) is 2.07. The van der Waals surface area contributed by atoms with Crippen LogP contribution in [-0.2, 0) is 4.79 Å². The lowest BCUT2D eigenvalue weighted by molar-refractivity contribution is -0.138. The monoisotopic (exact) mass is 186 g/mol. The zero-order valence-electron chi connectivity index (χ0n) is 7.08. The van der Waals surface area contributed by atoms with Gasteiger partial charge in [0.1, 0.15) is 0 Å². The predicted octanol–water partition coefficient (Wildman–Crippen LogP) is 1.99. The van der Waals surface area contributed by atoms with E-state index < -0.39 is 5.97 Å². The highest BCUT2D eigenvalue weighted by atomic mass is 32.2. The van der Waals surface area contributed by atoms with Gasteiger partial charge in [-0.15, -0.1) is 0 Å². The highest BCUT2D eigenvalue weighted by molar-refractivity contribution is 7.99. The van der Waals surface area contributed by atoms with E-state index >= 15 is 0 Å². The molecule has 0 bridgehead atoms. The van der Waals surface area contributed by atoms with Crippen LogP contribution in [-0.4, -0.2) is 22.6 Å². The van der Waals surface area contributed by atoms with Crippen molar-refractivity contribution in [2.45, 2.75) is 25.7 Å². The molecular weight excluding hydrogens is 172 g/mol. The van der Waals surface area contributed by atoms with Crippen LogP contribution in [0.4, 0.5) is 0 Å². The number of hydrogen-bond donors (Lipinski definition) is 1. The third-order valence-corrected chi connectivity index (χ3v) is 4.48. The smallest absolute Gasteiger partial charge is 0.303 e. The molecule has 1 atom stereocenters. The first-order chi connectivity index (χ1) is 5.73. The molecule has 1 saturated carbocycles. The third-order valence-electron chi connectivity index (χ3n) is 3.18. The normalized spacial score (nSPS) is 31.8. The number of carbonyl (C=O) groups is 1. The molecule has 2 aliphatic rings. The maximum atomic E-state index is 10.6. The van der Waals surface area contributed by atoms with E-state index in [1.54, 1.807) is 0 Å². The molecule has 0 aromatic heterocycles. The Morgan fingerprint density at radius 2 is 2.33 bits per heavy atom. The average molecular weight is 186 g/mol. The Morgan fingerprint density at radius 1 is 1.58 bits per heavy atom. The summed E-state index contributed by atoms with van der Waals surface area (Å²) >= 11 is 2.00. The van der Waals surface area contributed by atoms with E-state index in [2.05, 4.69) is 0 Å². The molecule has 1 aliphatic carbocycles. The Morgan fingerprint density at radius 3 is 2.92 bits per heavy atom. The minimum atomic E-state index is -0.613. The molecule has 68 valence electrons. The van der Waals surface area contributed by atoms with E-state index in [0.29, 0.717) is 17.8 Å². The van der Waals surface area contributed by atoms with Crippen LogP contribution in [0.25, 0.3) is 0 Å². The minimum Gasteiger partial charge on any atom is -0.481 e. The van der Waals surface area contributed by atoms with Crippen LogP contribution < -0.4 is 0 Å². The van der Waals surface area contributed by atoms with Crippen molar-refractivity contribution in [3.05, 3.63) is 0 Å². The molecule has 0 aromatic rings. The van der Waals surface area contributed by atoms with Crippen molar-refractivity contribution in [3.63, 3.8) is 0 Å². The Bertz CT molecular complexity index is 199. The molecule has 0 aromatic carbocycles. The van der Waals surface area contributed by atoms with E-state index in [-0.39, 0.29) is 0 Å². The Hall–Kier alpha value is -0.180. The summed E-state index contributed by atoms with van der Waals surface area (Å²) in [5.41, 5.74) is 0.460. The van der Waals surface area contributed by atoms with Gasteiger partial charge < -0.3 is 5.11 Å². The van der Waals surface area contributed by atoms with Crippen LogP contribution in [0.3, 0.4) is 0 Å². The number of carboxylic acids is 1. The molecule has 1 spiro atoms. The largest absolute Gasteiger partial charge is 0.481 e. The second kappa shape index (κ2) is 2.95. The zero-order chi connectivity index (χ0) is 8.60. The van der Waals surface area contributed by atoms with Crippen LogP contribution >= 0.6 is 11.8 Å². The lowest BCUT2D eigenvalue weighted by Gasteiger charge is -2.30. The molecule has 2 rings (SSSR count). The van der Waals surface area contributed by atoms with Gasteiger partial charge in [0.15, 0.2) is 0 Å². The van der Waals surface area contributed by atoms with Crippen molar-refractivity contribution < 1.29 is 9.90 Å². The molecular formula is C9H14O2S. The summed E-state index contributed by atoms with van der Waals surface area (Å²) in [7, 11) is 0. The van der Waals surface area contributed by atoms with Crippen molar-refractivity contribution in [2.75, 3.05) is 11.5 Å². The van der Waals surface area contributed by atoms with Crippen LogP contribution in [0.15, 0.2) is 0 Å². The van der Waals surface area contributed by atoms with Gasteiger partial charge in [-0.3, -0.25) is 4.79 Å². The maximum absolute atomic E-state index is 10.6. The minimum absolute atomic E-state index is 0.403. The molecule has 12 heavy (non-hydrogen) atoms. The van der Waals surface area contributed by atoms with Gasteiger partial charge in [0, 0.05) is 6.42 Å². The van der Waals surface area contributed by atoms with Gasteiger partial charge in [-0.05, 0) is 42.1 Å². The summed E-state index contributed by atoms with van der Waals surface area (Å²) in [5.74, 6) is 2.25. The number of rotatable bonds is 2. The predicted molar refractivity (Wildman–Crippen MR) is 49.4 cm³/mol. The summed E-state index contributed by atoms with van der Waals surface area (Å²) in [6, 6.07) is 0. The first kappa shape index (κ1) is 8.42. The van der Waals surface area contributed by atoms with E-state index in [1.807, 2.05) is 11.8 Å². The van der Waals surface area contributed by atoms with Gasteiger partial charge in [-0.2, -0.15) is 11.8 Å². The topological polar surface area (TPSA) is 37.3 Å². The average Bonchev–Trinajstić information content (AvgIpc) is 2.75. The van der Waals surface area contributed by atoms with Crippen molar-refractivity contribution in [1.82, 2.24) is 0 Å². The first-order valence-corrected chi connectivity index (χ1v) is 5.68. The molecule has 1 heterocycles. The summed E-state index contributed by atoms with van der Waals surface area (Å²) < 4.78 is 0. The zero-order valence-corrected chi connectivity index (χ0v) is 7.90. The standard InChI is InChI=1S/C9H14O2S/c10-8(11)5-7-1-4-12-6-9(7)2-3-9/h7H,1-6H2,(H,10,11). The molecule has 1 aliphatic heterocycles.